The van der Waals surface area contributed by atoms with Gasteiger partial charge in [0.25, 0.3) is 0 Å². The highest BCUT2D eigenvalue weighted by Crippen LogP contribution is 2.20. The Kier molecular flexibility index (Phi) is 3.93. The molecule has 1 aromatic rings. The van der Waals surface area contributed by atoms with Gasteiger partial charge in [-0.2, -0.15) is 0 Å². The van der Waals surface area contributed by atoms with Crippen LogP contribution in [0.15, 0.2) is 36.4 Å². The first-order chi connectivity index (χ1) is 6.09. The van der Waals surface area contributed by atoms with Crippen LogP contribution in [0, 0.1) is 3.57 Å². The maximum atomic E-state index is 9.72. The predicted molar refractivity (Wildman–Crippen MR) is 63.5 cm³/mol. The van der Waals surface area contributed by atoms with Gasteiger partial charge in [0.1, 0.15) is 0 Å². The molecular formula is C11H13IO. The van der Waals surface area contributed by atoms with Gasteiger partial charge in [0.05, 0.1) is 6.10 Å². The lowest BCUT2D eigenvalue weighted by Crippen LogP contribution is -1.97. The van der Waals surface area contributed by atoms with Crippen molar-refractivity contribution in [3.8, 4) is 0 Å². The molecule has 13 heavy (non-hydrogen) atoms. The lowest BCUT2D eigenvalue weighted by Gasteiger charge is -2.10. The van der Waals surface area contributed by atoms with Gasteiger partial charge in [-0.25, -0.2) is 0 Å². The van der Waals surface area contributed by atoms with Gasteiger partial charge in [-0.15, -0.1) is 6.58 Å². The highest BCUT2D eigenvalue weighted by molar-refractivity contribution is 14.1. The number of aliphatic hydroxyl groups excluding tert-OH is 1. The summed E-state index contributed by atoms with van der Waals surface area (Å²) in [6.45, 7) is 5.70. The third-order valence-corrected chi connectivity index (χ3v) is 2.52. The van der Waals surface area contributed by atoms with Gasteiger partial charge in [0.15, 0.2) is 0 Å². The molecule has 1 N–H and O–H groups in total. The number of aliphatic hydroxyl groups is 1. The summed E-state index contributed by atoms with van der Waals surface area (Å²) >= 11 is 2.25. The zero-order valence-corrected chi connectivity index (χ0v) is 9.78. The molecule has 0 bridgehead atoms. The third kappa shape index (κ3) is 3.48. The van der Waals surface area contributed by atoms with Crippen LogP contribution in [0.3, 0.4) is 0 Å². The van der Waals surface area contributed by atoms with Gasteiger partial charge >= 0.3 is 0 Å². The zero-order chi connectivity index (χ0) is 9.84. The number of hydrogen-bond donors (Lipinski definition) is 1. The fourth-order valence-corrected chi connectivity index (χ4v) is 1.49. The average molecular weight is 288 g/mol. The van der Waals surface area contributed by atoms with E-state index in [-0.39, 0.29) is 0 Å². The summed E-state index contributed by atoms with van der Waals surface area (Å²) < 4.78 is 1.18. The van der Waals surface area contributed by atoms with Crippen LogP contribution in [0.1, 0.15) is 25.0 Å². The minimum atomic E-state index is -0.408. The summed E-state index contributed by atoms with van der Waals surface area (Å²) in [5, 5.41) is 9.72. The second-order valence-electron chi connectivity index (χ2n) is 3.23. The van der Waals surface area contributed by atoms with Crippen LogP contribution in [0.2, 0.25) is 0 Å². The Morgan fingerprint density at radius 2 is 2.00 bits per heavy atom. The van der Waals surface area contributed by atoms with Gasteiger partial charge in [0, 0.05) is 3.57 Å². The van der Waals surface area contributed by atoms with Crippen molar-refractivity contribution >= 4 is 22.6 Å². The van der Waals surface area contributed by atoms with Crippen molar-refractivity contribution in [1.82, 2.24) is 0 Å². The number of benzene rings is 1. The van der Waals surface area contributed by atoms with Crippen LogP contribution in [-0.2, 0) is 0 Å². The van der Waals surface area contributed by atoms with Crippen molar-refractivity contribution in [2.24, 2.45) is 0 Å². The Balaban J connectivity index is 2.71. The lowest BCUT2D eigenvalue weighted by molar-refractivity contribution is 0.178. The molecule has 1 unspecified atom stereocenters. The van der Waals surface area contributed by atoms with Crippen molar-refractivity contribution in [1.29, 1.82) is 0 Å². The monoisotopic (exact) mass is 288 g/mol. The van der Waals surface area contributed by atoms with Crippen LogP contribution in [0.4, 0.5) is 0 Å². The summed E-state index contributed by atoms with van der Waals surface area (Å²) in [7, 11) is 0. The van der Waals surface area contributed by atoms with Crippen LogP contribution in [-0.4, -0.2) is 5.11 Å². The quantitative estimate of drug-likeness (QED) is 0.668. The van der Waals surface area contributed by atoms with E-state index in [1.807, 2.05) is 31.2 Å². The maximum absolute atomic E-state index is 9.72. The molecule has 0 spiro atoms. The number of hydrogen-bond acceptors (Lipinski definition) is 1. The van der Waals surface area contributed by atoms with Crippen molar-refractivity contribution in [2.45, 2.75) is 19.4 Å². The summed E-state index contributed by atoms with van der Waals surface area (Å²) in [5.74, 6) is 0. The summed E-state index contributed by atoms with van der Waals surface area (Å²) in [6.07, 6.45) is 0.232. The van der Waals surface area contributed by atoms with E-state index in [0.717, 1.165) is 11.1 Å². The van der Waals surface area contributed by atoms with E-state index in [2.05, 4.69) is 29.2 Å². The predicted octanol–water partition coefficient (Wildman–Crippen LogP) is 3.29. The molecule has 0 amide bonds. The molecule has 0 aliphatic heterocycles. The van der Waals surface area contributed by atoms with E-state index in [1.54, 1.807) is 0 Å². The number of halogens is 1. The smallest absolute Gasteiger partial charge is 0.0826 e. The van der Waals surface area contributed by atoms with E-state index in [0.29, 0.717) is 6.42 Å². The first-order valence-electron chi connectivity index (χ1n) is 4.17. The largest absolute Gasteiger partial charge is 0.388 e. The summed E-state index contributed by atoms with van der Waals surface area (Å²) in [5.41, 5.74) is 1.97. The Morgan fingerprint density at radius 3 is 2.46 bits per heavy atom. The molecule has 0 saturated carbocycles. The topological polar surface area (TPSA) is 20.2 Å². The molecular weight excluding hydrogens is 275 g/mol. The van der Waals surface area contributed by atoms with Gasteiger partial charge < -0.3 is 5.11 Å². The Hall–Kier alpha value is -0.350. The molecule has 0 aliphatic rings. The fraction of sp³-hybridized carbons (Fsp3) is 0.273. The van der Waals surface area contributed by atoms with Crippen molar-refractivity contribution in [3.63, 3.8) is 0 Å². The normalized spacial score (nSPS) is 12.5. The van der Waals surface area contributed by atoms with Crippen molar-refractivity contribution in [2.75, 3.05) is 0 Å². The molecule has 0 fully saturated rings. The molecule has 0 aromatic heterocycles. The first kappa shape index (κ1) is 10.7. The maximum Gasteiger partial charge on any atom is 0.0826 e. The lowest BCUT2D eigenvalue weighted by atomic mass is 10.0. The van der Waals surface area contributed by atoms with Gasteiger partial charge in [-0.1, -0.05) is 17.7 Å². The summed E-state index contributed by atoms with van der Waals surface area (Å²) in [6, 6.07) is 7.90. The minimum Gasteiger partial charge on any atom is -0.388 e. The highest BCUT2D eigenvalue weighted by Gasteiger charge is 2.06. The molecule has 1 aromatic carbocycles. The Labute approximate surface area is 92.6 Å². The minimum absolute atomic E-state index is 0.408. The van der Waals surface area contributed by atoms with E-state index in [4.69, 9.17) is 0 Å². The second kappa shape index (κ2) is 4.77. The average Bonchev–Trinajstić information content (AvgIpc) is 2.04. The highest BCUT2D eigenvalue weighted by atomic mass is 127. The van der Waals surface area contributed by atoms with Gasteiger partial charge in [-0.3, -0.25) is 0 Å². The van der Waals surface area contributed by atoms with E-state index < -0.39 is 6.10 Å². The van der Waals surface area contributed by atoms with Crippen LogP contribution in [0.25, 0.3) is 0 Å². The molecule has 70 valence electrons. The fourth-order valence-electron chi connectivity index (χ4n) is 1.13. The molecule has 0 saturated heterocycles. The van der Waals surface area contributed by atoms with E-state index >= 15 is 0 Å². The summed E-state index contributed by atoms with van der Waals surface area (Å²) in [4.78, 5) is 0. The third-order valence-electron chi connectivity index (χ3n) is 1.80. The molecule has 1 nitrogen and oxygen atoms in total. The molecule has 1 rings (SSSR count). The van der Waals surface area contributed by atoms with Crippen molar-refractivity contribution < 1.29 is 5.11 Å². The molecule has 0 aliphatic carbocycles. The van der Waals surface area contributed by atoms with Crippen LogP contribution < -0.4 is 0 Å². The van der Waals surface area contributed by atoms with Gasteiger partial charge in [-0.05, 0) is 53.6 Å². The zero-order valence-electron chi connectivity index (χ0n) is 7.63. The van der Waals surface area contributed by atoms with Crippen LogP contribution >= 0.6 is 22.6 Å². The van der Waals surface area contributed by atoms with Crippen molar-refractivity contribution in [3.05, 3.63) is 45.6 Å². The Morgan fingerprint density at radius 1 is 1.46 bits per heavy atom. The van der Waals surface area contributed by atoms with Gasteiger partial charge in [0.2, 0.25) is 0 Å². The number of rotatable bonds is 3. The molecule has 1 atom stereocenters. The standard InChI is InChI=1S/C11H13IO/c1-8(2)7-11(13)9-3-5-10(12)6-4-9/h3-6,11,13H,1,7H2,2H3. The molecule has 2 heteroatoms. The molecule has 0 heterocycles. The van der Waals surface area contributed by atoms with E-state index in [9.17, 15) is 5.11 Å². The van der Waals surface area contributed by atoms with Crippen LogP contribution in [0.5, 0.6) is 0 Å². The SMILES string of the molecule is C=C(C)CC(O)c1ccc(I)cc1. The van der Waals surface area contributed by atoms with E-state index in [1.165, 1.54) is 3.57 Å². The molecule has 0 radical (unpaired) electrons. The second-order valence-corrected chi connectivity index (χ2v) is 4.47. The first-order valence-corrected chi connectivity index (χ1v) is 5.25. The Bertz CT molecular complexity index is 289.